The van der Waals surface area contributed by atoms with Crippen molar-refractivity contribution in [1.82, 2.24) is 0 Å². The van der Waals surface area contributed by atoms with Gasteiger partial charge in [0.15, 0.2) is 5.78 Å². The molecule has 2 N–H and O–H groups in total. The average Bonchev–Trinajstić information content (AvgIpc) is 2.65. The number of carbonyl (C=O) groups is 1. The van der Waals surface area contributed by atoms with Gasteiger partial charge >= 0.3 is 7.82 Å². The quantitative estimate of drug-likeness (QED) is 0.369. The lowest BCUT2D eigenvalue weighted by Crippen LogP contribution is -2.06. The van der Waals surface area contributed by atoms with Crippen molar-refractivity contribution in [2.45, 2.75) is 6.92 Å². The Morgan fingerprint density at radius 3 is 2.18 bits per heavy atom. The zero-order chi connectivity index (χ0) is 20.7. The van der Waals surface area contributed by atoms with Crippen molar-refractivity contribution in [3.8, 4) is 23.0 Å². The van der Waals surface area contributed by atoms with Crippen LogP contribution >= 0.6 is 7.82 Å². The van der Waals surface area contributed by atoms with Crippen LogP contribution in [0.25, 0.3) is 6.08 Å². The van der Waals surface area contributed by atoms with E-state index in [2.05, 4.69) is 0 Å². The minimum atomic E-state index is -4.91. The first-order chi connectivity index (χ1) is 13.3. The molecule has 0 aliphatic heterocycles. The number of rotatable bonds is 9. The van der Waals surface area contributed by atoms with E-state index < -0.39 is 13.6 Å². The summed E-state index contributed by atoms with van der Waals surface area (Å²) in [6.07, 6.45) is 2.82. The van der Waals surface area contributed by atoms with E-state index in [1.165, 1.54) is 25.3 Å². The van der Waals surface area contributed by atoms with Crippen LogP contribution in [0.5, 0.6) is 23.0 Å². The molecule has 150 valence electrons. The van der Waals surface area contributed by atoms with Crippen LogP contribution in [0, 0.1) is 0 Å². The maximum absolute atomic E-state index is 12.8. The number of phosphoric acid groups is 1. The van der Waals surface area contributed by atoms with Crippen LogP contribution in [0.3, 0.4) is 0 Å². The third-order valence-electron chi connectivity index (χ3n) is 3.58. The molecule has 2 aromatic carbocycles. The smallest absolute Gasteiger partial charge is 0.497 e. The molecule has 28 heavy (non-hydrogen) atoms. The monoisotopic (exact) mass is 408 g/mol. The zero-order valence-electron chi connectivity index (χ0n) is 15.6. The van der Waals surface area contributed by atoms with Gasteiger partial charge in [0.1, 0.15) is 28.6 Å². The number of methoxy groups -OCH3 is 2. The van der Waals surface area contributed by atoms with Gasteiger partial charge in [0, 0.05) is 12.1 Å². The number of carbonyl (C=O) groups excluding carboxylic acids is 1. The van der Waals surface area contributed by atoms with E-state index >= 15 is 0 Å². The van der Waals surface area contributed by atoms with E-state index in [4.69, 9.17) is 18.7 Å². The van der Waals surface area contributed by atoms with E-state index in [1.807, 2.05) is 0 Å². The summed E-state index contributed by atoms with van der Waals surface area (Å²) in [7, 11) is -1.99. The Labute approximate surface area is 162 Å². The van der Waals surface area contributed by atoms with Crippen molar-refractivity contribution >= 4 is 19.7 Å². The standard InChI is InChI=1S/C19H21O8P/c1-4-26-17-11-15(25-3)12-18(27-28(21,22)23)19(17)16(20)10-7-13-5-8-14(24-2)9-6-13/h5-12H,4H2,1-3H3,(H2,21,22,23). The summed E-state index contributed by atoms with van der Waals surface area (Å²) in [4.78, 5) is 31.1. The highest BCUT2D eigenvalue weighted by molar-refractivity contribution is 7.46. The first-order valence-corrected chi connectivity index (χ1v) is 9.77. The highest BCUT2D eigenvalue weighted by Crippen LogP contribution is 2.44. The lowest BCUT2D eigenvalue weighted by atomic mass is 10.1. The Morgan fingerprint density at radius 1 is 1.04 bits per heavy atom. The van der Waals surface area contributed by atoms with Crippen LogP contribution < -0.4 is 18.7 Å². The topological polar surface area (TPSA) is 112 Å². The summed E-state index contributed by atoms with van der Waals surface area (Å²) in [5, 5.41) is 0. The van der Waals surface area contributed by atoms with Crippen molar-refractivity contribution < 1.29 is 37.9 Å². The van der Waals surface area contributed by atoms with Gasteiger partial charge in [-0.15, -0.1) is 0 Å². The van der Waals surface area contributed by atoms with Gasteiger partial charge in [0.05, 0.1) is 20.8 Å². The summed E-state index contributed by atoms with van der Waals surface area (Å²) in [6, 6.07) is 9.66. The van der Waals surface area contributed by atoms with Gasteiger partial charge < -0.3 is 18.7 Å². The molecule has 0 fully saturated rings. The molecule has 9 heteroatoms. The number of ether oxygens (including phenoxy) is 3. The fraction of sp³-hybridized carbons (Fsp3) is 0.211. The molecule has 0 aromatic heterocycles. The predicted molar refractivity (Wildman–Crippen MR) is 103 cm³/mol. The Hall–Kier alpha value is -2.80. The van der Waals surface area contributed by atoms with Gasteiger partial charge in [0.25, 0.3) is 0 Å². The molecule has 0 atom stereocenters. The second-order valence-electron chi connectivity index (χ2n) is 5.48. The average molecular weight is 408 g/mol. The first kappa shape index (κ1) is 21.5. The molecule has 2 aromatic rings. The largest absolute Gasteiger partial charge is 0.524 e. The molecule has 0 radical (unpaired) electrons. The Bertz CT molecular complexity index is 899. The highest BCUT2D eigenvalue weighted by Gasteiger charge is 2.25. The van der Waals surface area contributed by atoms with Crippen molar-refractivity contribution in [1.29, 1.82) is 0 Å². The maximum atomic E-state index is 12.8. The van der Waals surface area contributed by atoms with E-state index in [-0.39, 0.29) is 29.4 Å². The normalized spacial score (nSPS) is 11.3. The van der Waals surface area contributed by atoms with Crippen molar-refractivity contribution in [2.24, 2.45) is 0 Å². The maximum Gasteiger partial charge on any atom is 0.524 e. The number of ketones is 1. The third kappa shape index (κ3) is 5.85. The first-order valence-electron chi connectivity index (χ1n) is 8.23. The second-order valence-corrected chi connectivity index (χ2v) is 6.65. The fourth-order valence-electron chi connectivity index (χ4n) is 2.37. The molecule has 0 saturated heterocycles. The van der Waals surface area contributed by atoms with Crippen molar-refractivity contribution in [3.63, 3.8) is 0 Å². The lowest BCUT2D eigenvalue weighted by Gasteiger charge is -2.16. The second kappa shape index (κ2) is 9.41. The number of benzene rings is 2. The van der Waals surface area contributed by atoms with Gasteiger partial charge in [-0.25, -0.2) is 4.57 Å². The van der Waals surface area contributed by atoms with Crippen LogP contribution in [0.4, 0.5) is 0 Å². The van der Waals surface area contributed by atoms with Crippen molar-refractivity contribution in [2.75, 3.05) is 20.8 Å². The molecule has 0 unspecified atom stereocenters. The Morgan fingerprint density at radius 2 is 1.64 bits per heavy atom. The Kier molecular flexibility index (Phi) is 7.23. The van der Waals surface area contributed by atoms with Gasteiger partial charge in [-0.3, -0.25) is 14.6 Å². The lowest BCUT2D eigenvalue weighted by molar-refractivity contribution is 0.104. The highest BCUT2D eigenvalue weighted by atomic mass is 31.2. The summed E-state index contributed by atoms with van der Waals surface area (Å²) >= 11 is 0. The molecular formula is C19H21O8P. The van der Waals surface area contributed by atoms with E-state index in [1.54, 1.807) is 44.4 Å². The third-order valence-corrected chi connectivity index (χ3v) is 4.02. The SMILES string of the molecule is CCOc1cc(OC)cc(OP(=O)(O)O)c1C(=O)C=Cc1ccc(OC)cc1. The molecule has 0 heterocycles. The van der Waals surface area contributed by atoms with E-state index in [0.29, 0.717) is 5.75 Å². The van der Waals surface area contributed by atoms with Crippen LogP contribution in [0.2, 0.25) is 0 Å². The summed E-state index contributed by atoms with van der Waals surface area (Å²) in [5.41, 5.74) is 0.619. The van der Waals surface area contributed by atoms with E-state index in [0.717, 1.165) is 5.56 Å². The van der Waals surface area contributed by atoms with Crippen LogP contribution in [0.15, 0.2) is 42.5 Å². The van der Waals surface area contributed by atoms with Crippen molar-refractivity contribution in [3.05, 3.63) is 53.6 Å². The number of hydrogen-bond acceptors (Lipinski definition) is 6. The molecule has 2 rings (SSSR count). The Balaban J connectivity index is 2.45. The number of allylic oxidation sites excluding steroid dienone is 1. The molecule has 0 spiro atoms. The molecular weight excluding hydrogens is 387 g/mol. The van der Waals surface area contributed by atoms with E-state index in [9.17, 15) is 19.1 Å². The van der Waals surface area contributed by atoms with Crippen LogP contribution in [-0.4, -0.2) is 36.4 Å². The number of phosphoric ester groups is 1. The van der Waals surface area contributed by atoms with Gasteiger partial charge in [-0.05, 0) is 30.7 Å². The van der Waals surface area contributed by atoms with Crippen LogP contribution in [0.1, 0.15) is 22.8 Å². The molecule has 8 nitrogen and oxygen atoms in total. The van der Waals surface area contributed by atoms with Gasteiger partial charge in [0.2, 0.25) is 0 Å². The summed E-state index contributed by atoms with van der Waals surface area (Å²) in [6.45, 7) is 1.94. The zero-order valence-corrected chi connectivity index (χ0v) is 16.5. The molecule has 0 amide bonds. The number of hydrogen-bond donors (Lipinski definition) is 2. The molecule has 0 aliphatic rings. The summed E-state index contributed by atoms with van der Waals surface area (Å²) < 4.78 is 31.7. The minimum absolute atomic E-state index is 0.0923. The fourth-order valence-corrected chi connectivity index (χ4v) is 2.77. The van der Waals surface area contributed by atoms with Gasteiger partial charge in [-0.1, -0.05) is 18.2 Å². The van der Waals surface area contributed by atoms with Crippen LogP contribution in [-0.2, 0) is 4.57 Å². The predicted octanol–water partition coefficient (Wildman–Crippen LogP) is 3.47. The molecule has 0 bridgehead atoms. The molecule has 0 saturated carbocycles. The summed E-state index contributed by atoms with van der Waals surface area (Å²) in [5.74, 6) is 0.109. The minimum Gasteiger partial charge on any atom is -0.497 e. The molecule has 0 aliphatic carbocycles. The van der Waals surface area contributed by atoms with Gasteiger partial charge in [-0.2, -0.15) is 0 Å².